The fraction of sp³-hybridized carbons (Fsp3) is 0.318. The predicted octanol–water partition coefficient (Wildman–Crippen LogP) is 3.26. The van der Waals surface area contributed by atoms with Crippen LogP contribution < -0.4 is 4.90 Å². The first-order chi connectivity index (χ1) is 13.9. The Bertz CT molecular complexity index is 989. The molecule has 0 saturated carbocycles. The van der Waals surface area contributed by atoms with Gasteiger partial charge in [-0.2, -0.15) is 0 Å². The number of para-hydroxylation sites is 1. The van der Waals surface area contributed by atoms with Crippen LogP contribution >= 0.6 is 0 Å². The molecule has 2 aromatic rings. The fourth-order valence-electron chi connectivity index (χ4n) is 4.22. The molecule has 0 spiro atoms. The second-order valence-corrected chi connectivity index (χ2v) is 7.53. The normalized spacial score (nSPS) is 20.7. The van der Waals surface area contributed by atoms with Gasteiger partial charge in [0.05, 0.1) is 11.3 Å². The minimum atomic E-state index is -1.52. The molecule has 0 N–H and O–H groups in total. The lowest BCUT2D eigenvalue weighted by molar-refractivity contribution is -0.159. The zero-order valence-corrected chi connectivity index (χ0v) is 16.2. The van der Waals surface area contributed by atoms with E-state index in [-0.39, 0.29) is 43.1 Å². The third-order valence-corrected chi connectivity index (χ3v) is 5.43. The SMILES string of the molecule is CC(C)N1C(=O)c2ccccc2N2C(=O)CC[C@]21C(=O)OCc1ccc(F)cc1. The van der Waals surface area contributed by atoms with E-state index in [1.165, 1.54) is 34.1 Å². The van der Waals surface area contributed by atoms with Crippen molar-refractivity contribution in [3.05, 3.63) is 65.5 Å². The van der Waals surface area contributed by atoms with Crippen LogP contribution in [0.1, 0.15) is 42.6 Å². The number of anilines is 1. The van der Waals surface area contributed by atoms with Gasteiger partial charge in [-0.05, 0) is 43.7 Å². The van der Waals surface area contributed by atoms with Crippen molar-refractivity contribution in [3.63, 3.8) is 0 Å². The van der Waals surface area contributed by atoms with Gasteiger partial charge in [-0.3, -0.25) is 14.5 Å². The molecule has 2 heterocycles. The summed E-state index contributed by atoms with van der Waals surface area (Å²) in [6, 6.07) is 12.1. The molecular weight excluding hydrogens is 375 g/mol. The van der Waals surface area contributed by atoms with Gasteiger partial charge in [0.15, 0.2) is 0 Å². The number of fused-ring (bicyclic) bond motifs is 3. The first-order valence-electron chi connectivity index (χ1n) is 9.53. The Balaban J connectivity index is 1.75. The third-order valence-electron chi connectivity index (χ3n) is 5.43. The van der Waals surface area contributed by atoms with E-state index in [0.717, 1.165) is 0 Å². The summed E-state index contributed by atoms with van der Waals surface area (Å²) in [6.45, 7) is 3.54. The summed E-state index contributed by atoms with van der Waals surface area (Å²) in [6.07, 6.45) is 0.294. The molecule has 0 bridgehead atoms. The Labute approximate surface area is 167 Å². The molecule has 0 aliphatic carbocycles. The second-order valence-electron chi connectivity index (χ2n) is 7.53. The average molecular weight is 396 g/mol. The molecule has 1 saturated heterocycles. The first-order valence-corrected chi connectivity index (χ1v) is 9.53. The molecule has 2 aromatic carbocycles. The van der Waals surface area contributed by atoms with Crippen LogP contribution in [0.4, 0.5) is 10.1 Å². The third kappa shape index (κ3) is 2.88. The van der Waals surface area contributed by atoms with Crippen LogP contribution in [0.15, 0.2) is 48.5 Å². The number of halogens is 1. The van der Waals surface area contributed by atoms with E-state index in [4.69, 9.17) is 4.74 Å². The molecule has 29 heavy (non-hydrogen) atoms. The van der Waals surface area contributed by atoms with Crippen LogP contribution in [-0.4, -0.2) is 34.4 Å². The Morgan fingerprint density at radius 3 is 2.52 bits per heavy atom. The van der Waals surface area contributed by atoms with Gasteiger partial charge in [0.25, 0.3) is 5.91 Å². The second kappa shape index (κ2) is 6.99. The van der Waals surface area contributed by atoms with Crippen molar-refractivity contribution in [1.29, 1.82) is 0 Å². The standard InChI is InChI=1S/C22H21FN2O4/c1-14(2)24-20(27)17-5-3-4-6-18(17)25-19(26)11-12-22(24,25)21(28)29-13-15-7-9-16(23)10-8-15/h3-10,14H,11-13H2,1-2H3/t22-/m1/s1. The smallest absolute Gasteiger partial charge is 0.354 e. The Kier molecular flexibility index (Phi) is 4.61. The Hall–Kier alpha value is -3.22. The highest BCUT2D eigenvalue weighted by molar-refractivity contribution is 6.15. The molecule has 0 radical (unpaired) electrons. The van der Waals surface area contributed by atoms with E-state index in [1.807, 2.05) is 13.8 Å². The monoisotopic (exact) mass is 396 g/mol. The number of carbonyl (C=O) groups excluding carboxylic acids is 3. The summed E-state index contributed by atoms with van der Waals surface area (Å²) in [5, 5.41) is 0. The van der Waals surface area contributed by atoms with Gasteiger partial charge in [-0.15, -0.1) is 0 Å². The summed E-state index contributed by atoms with van der Waals surface area (Å²) in [4.78, 5) is 42.3. The van der Waals surface area contributed by atoms with Crippen molar-refractivity contribution in [2.45, 2.75) is 45.0 Å². The number of esters is 1. The van der Waals surface area contributed by atoms with E-state index in [1.54, 1.807) is 24.3 Å². The van der Waals surface area contributed by atoms with Crippen LogP contribution in [0.3, 0.4) is 0 Å². The molecule has 2 aliphatic heterocycles. The maximum atomic E-state index is 13.4. The lowest BCUT2D eigenvalue weighted by atomic mass is 9.95. The lowest BCUT2D eigenvalue weighted by Crippen LogP contribution is -2.70. The van der Waals surface area contributed by atoms with Crippen molar-refractivity contribution >= 4 is 23.5 Å². The molecule has 6 nitrogen and oxygen atoms in total. The fourth-order valence-corrected chi connectivity index (χ4v) is 4.22. The van der Waals surface area contributed by atoms with E-state index in [2.05, 4.69) is 0 Å². The number of hydrogen-bond donors (Lipinski definition) is 0. The molecule has 0 unspecified atom stereocenters. The van der Waals surface area contributed by atoms with Crippen LogP contribution in [0.2, 0.25) is 0 Å². The van der Waals surface area contributed by atoms with Crippen LogP contribution in [0.5, 0.6) is 0 Å². The molecule has 1 fully saturated rings. The van der Waals surface area contributed by atoms with Crippen LogP contribution in [-0.2, 0) is 20.9 Å². The number of hydrogen-bond acceptors (Lipinski definition) is 4. The van der Waals surface area contributed by atoms with E-state index >= 15 is 0 Å². The molecule has 4 rings (SSSR count). The van der Waals surface area contributed by atoms with Gasteiger partial charge in [-0.1, -0.05) is 24.3 Å². The number of nitrogens with zero attached hydrogens (tertiary/aromatic N) is 2. The molecule has 7 heteroatoms. The topological polar surface area (TPSA) is 66.9 Å². The number of rotatable bonds is 4. The van der Waals surface area contributed by atoms with Gasteiger partial charge >= 0.3 is 5.97 Å². The van der Waals surface area contributed by atoms with Crippen LogP contribution in [0.25, 0.3) is 0 Å². The number of ether oxygens (including phenoxy) is 1. The van der Waals surface area contributed by atoms with Crippen LogP contribution in [0, 0.1) is 5.82 Å². The van der Waals surface area contributed by atoms with Crippen molar-refractivity contribution in [2.24, 2.45) is 0 Å². The minimum Gasteiger partial charge on any atom is -0.458 e. The van der Waals surface area contributed by atoms with Gasteiger partial charge in [0.1, 0.15) is 12.4 Å². The van der Waals surface area contributed by atoms with Crippen molar-refractivity contribution in [2.75, 3.05) is 4.90 Å². The van der Waals surface area contributed by atoms with Crippen molar-refractivity contribution in [1.82, 2.24) is 4.90 Å². The zero-order chi connectivity index (χ0) is 20.8. The summed E-state index contributed by atoms with van der Waals surface area (Å²) in [5.74, 6) is -1.58. The van der Waals surface area contributed by atoms with Gasteiger partial charge < -0.3 is 9.64 Å². The summed E-state index contributed by atoms with van der Waals surface area (Å²) >= 11 is 0. The highest BCUT2D eigenvalue weighted by atomic mass is 19.1. The summed E-state index contributed by atoms with van der Waals surface area (Å²) in [7, 11) is 0. The molecule has 150 valence electrons. The highest BCUT2D eigenvalue weighted by Crippen LogP contribution is 2.46. The maximum absolute atomic E-state index is 13.4. The Morgan fingerprint density at radius 2 is 1.83 bits per heavy atom. The quantitative estimate of drug-likeness (QED) is 0.744. The molecule has 2 amide bonds. The highest BCUT2D eigenvalue weighted by Gasteiger charge is 2.62. The molecule has 0 aromatic heterocycles. The lowest BCUT2D eigenvalue weighted by Gasteiger charge is -2.50. The Morgan fingerprint density at radius 1 is 1.14 bits per heavy atom. The van der Waals surface area contributed by atoms with Gasteiger partial charge in [-0.25, -0.2) is 9.18 Å². The van der Waals surface area contributed by atoms with Gasteiger partial charge in [0.2, 0.25) is 11.6 Å². The molecular formula is C22H21FN2O4. The minimum absolute atomic E-state index is 0.0787. The number of carbonyl (C=O) groups is 3. The largest absolute Gasteiger partial charge is 0.458 e. The average Bonchev–Trinajstić information content (AvgIpc) is 3.05. The maximum Gasteiger partial charge on any atom is 0.354 e. The first kappa shape index (κ1) is 19.1. The number of benzene rings is 2. The zero-order valence-electron chi connectivity index (χ0n) is 16.2. The van der Waals surface area contributed by atoms with E-state index < -0.39 is 11.6 Å². The van der Waals surface area contributed by atoms with E-state index in [0.29, 0.717) is 16.8 Å². The molecule has 1 atom stereocenters. The predicted molar refractivity (Wildman–Crippen MR) is 103 cm³/mol. The van der Waals surface area contributed by atoms with E-state index in [9.17, 15) is 18.8 Å². The van der Waals surface area contributed by atoms with Crippen molar-refractivity contribution in [3.8, 4) is 0 Å². The summed E-state index contributed by atoms with van der Waals surface area (Å²) in [5.41, 5.74) is -0.0869. The molecule has 2 aliphatic rings. The van der Waals surface area contributed by atoms with Crippen molar-refractivity contribution < 1.29 is 23.5 Å². The summed E-state index contributed by atoms with van der Waals surface area (Å²) < 4.78 is 18.7. The number of amides is 2. The van der Waals surface area contributed by atoms with Gasteiger partial charge in [0, 0.05) is 18.9 Å².